The Bertz CT molecular complexity index is 820. The molecule has 29 heavy (non-hydrogen) atoms. The van der Waals surface area contributed by atoms with Gasteiger partial charge >= 0.3 is 0 Å². The molecule has 0 radical (unpaired) electrons. The summed E-state index contributed by atoms with van der Waals surface area (Å²) in [6.07, 6.45) is 4.55. The molecule has 1 aliphatic heterocycles. The van der Waals surface area contributed by atoms with Crippen LogP contribution in [0, 0.1) is 11.3 Å². The van der Waals surface area contributed by atoms with E-state index < -0.39 is 6.10 Å². The van der Waals surface area contributed by atoms with Gasteiger partial charge in [0.05, 0.1) is 30.2 Å². The molecule has 0 spiro atoms. The van der Waals surface area contributed by atoms with Gasteiger partial charge in [0.15, 0.2) is 0 Å². The molecule has 0 unspecified atom stereocenters. The molecule has 1 amide bonds. The van der Waals surface area contributed by atoms with Crippen LogP contribution in [-0.2, 0) is 4.79 Å². The number of hydrogen-bond donors (Lipinski definition) is 2. The molecule has 5 nitrogen and oxygen atoms in total. The number of anilines is 1. The minimum Gasteiger partial charge on any atom is -0.388 e. The Morgan fingerprint density at radius 3 is 2.97 bits per heavy atom. The molecule has 7 heteroatoms. The lowest BCUT2D eigenvalue weighted by molar-refractivity contribution is -0.118. The van der Waals surface area contributed by atoms with E-state index in [2.05, 4.69) is 16.3 Å². The van der Waals surface area contributed by atoms with Gasteiger partial charge in [-0.3, -0.25) is 9.69 Å². The second-order valence-corrected chi connectivity index (χ2v) is 9.23. The van der Waals surface area contributed by atoms with Crippen molar-refractivity contribution in [2.75, 3.05) is 24.2 Å². The highest BCUT2D eigenvalue weighted by molar-refractivity contribution is 7.99. The summed E-state index contributed by atoms with van der Waals surface area (Å²) < 4.78 is 0. The summed E-state index contributed by atoms with van der Waals surface area (Å²) in [5, 5.41) is 24.4. The third-order valence-corrected chi connectivity index (χ3v) is 7.08. The molecule has 3 rings (SSSR count). The fraction of sp³-hybridized carbons (Fsp3) is 0.455. The Kier molecular flexibility index (Phi) is 8.56. The molecule has 1 fully saturated rings. The first-order chi connectivity index (χ1) is 14.2. The first-order valence-corrected chi connectivity index (χ1v) is 11.9. The number of benzene rings is 1. The number of thioether (sulfide) groups is 1. The molecule has 1 aromatic heterocycles. The van der Waals surface area contributed by atoms with Crippen molar-refractivity contribution >= 4 is 34.7 Å². The van der Waals surface area contributed by atoms with E-state index in [1.54, 1.807) is 11.3 Å². The van der Waals surface area contributed by atoms with E-state index in [0.29, 0.717) is 18.7 Å². The van der Waals surface area contributed by atoms with Crippen molar-refractivity contribution in [1.82, 2.24) is 4.90 Å². The maximum Gasteiger partial charge on any atom is 0.238 e. The van der Waals surface area contributed by atoms with Crippen LogP contribution in [0.3, 0.4) is 0 Å². The van der Waals surface area contributed by atoms with Gasteiger partial charge in [0.2, 0.25) is 5.91 Å². The van der Waals surface area contributed by atoms with Crippen LogP contribution in [0.2, 0.25) is 0 Å². The topological polar surface area (TPSA) is 76.4 Å². The van der Waals surface area contributed by atoms with Crippen LogP contribution in [0.4, 0.5) is 5.69 Å². The standard InChI is InChI=1S/C22H27N3O2S2/c23-11-14-29-20-9-4-3-8-18(20)24-22(27)16-25-12-5-1-2-7-17(25)15-19(26)21-10-6-13-28-21/h3-4,6,8-10,13,17,19,26H,1-2,5,7,12,14-16H2,(H,24,27)/t17-,19+/m1/s1. The molecule has 0 bridgehead atoms. The highest BCUT2D eigenvalue weighted by Crippen LogP contribution is 2.29. The number of nitrogens with one attached hydrogen (secondary N) is 1. The summed E-state index contributed by atoms with van der Waals surface area (Å²) in [5.41, 5.74) is 0.753. The number of carbonyl (C=O) groups is 1. The first kappa shape index (κ1) is 21.8. The number of hydrogen-bond acceptors (Lipinski definition) is 6. The number of nitrogens with zero attached hydrogens (tertiary/aromatic N) is 2. The largest absolute Gasteiger partial charge is 0.388 e. The molecule has 2 aromatic rings. The predicted octanol–water partition coefficient (Wildman–Crippen LogP) is 4.67. The fourth-order valence-electron chi connectivity index (χ4n) is 3.75. The van der Waals surface area contributed by atoms with Crippen LogP contribution in [-0.4, -0.2) is 40.8 Å². The zero-order chi connectivity index (χ0) is 20.5. The smallest absolute Gasteiger partial charge is 0.238 e. The van der Waals surface area contributed by atoms with Gasteiger partial charge in [0.1, 0.15) is 0 Å². The molecule has 154 valence electrons. The Morgan fingerprint density at radius 2 is 2.17 bits per heavy atom. The van der Waals surface area contributed by atoms with Gasteiger partial charge in [-0.2, -0.15) is 5.26 Å². The van der Waals surface area contributed by atoms with Gasteiger partial charge in [-0.1, -0.05) is 31.0 Å². The number of carbonyl (C=O) groups excluding carboxylic acids is 1. The molecule has 1 saturated heterocycles. The lowest BCUT2D eigenvalue weighted by atomic mass is 10.0. The van der Waals surface area contributed by atoms with Crippen LogP contribution in [0.1, 0.15) is 43.1 Å². The van der Waals surface area contributed by atoms with Crippen molar-refractivity contribution in [2.24, 2.45) is 0 Å². The Morgan fingerprint density at radius 1 is 1.31 bits per heavy atom. The van der Waals surface area contributed by atoms with Crippen LogP contribution >= 0.6 is 23.1 Å². The number of thiophene rings is 1. The first-order valence-electron chi connectivity index (χ1n) is 10.0. The second kappa shape index (κ2) is 11.4. The lowest BCUT2D eigenvalue weighted by Crippen LogP contribution is -2.41. The van der Waals surface area contributed by atoms with E-state index in [0.717, 1.165) is 47.7 Å². The maximum atomic E-state index is 12.8. The van der Waals surface area contributed by atoms with E-state index >= 15 is 0 Å². The van der Waals surface area contributed by atoms with Crippen molar-refractivity contribution in [2.45, 2.75) is 49.1 Å². The van der Waals surface area contributed by atoms with Crippen LogP contribution in [0.5, 0.6) is 0 Å². The summed E-state index contributed by atoms with van der Waals surface area (Å²) >= 11 is 3.00. The number of amides is 1. The number of likely N-dealkylation sites (tertiary alicyclic amines) is 1. The van der Waals surface area contributed by atoms with Crippen molar-refractivity contribution in [3.8, 4) is 6.07 Å². The summed E-state index contributed by atoms with van der Waals surface area (Å²) in [7, 11) is 0. The molecule has 2 atom stereocenters. The number of aliphatic hydroxyl groups excluding tert-OH is 1. The lowest BCUT2D eigenvalue weighted by Gasteiger charge is -2.30. The average Bonchev–Trinajstić information content (AvgIpc) is 3.18. The molecule has 1 aliphatic rings. The second-order valence-electron chi connectivity index (χ2n) is 7.23. The van der Waals surface area contributed by atoms with E-state index in [1.807, 2.05) is 41.8 Å². The van der Waals surface area contributed by atoms with Gasteiger partial charge in [-0.25, -0.2) is 0 Å². The highest BCUT2D eigenvalue weighted by atomic mass is 32.2. The van der Waals surface area contributed by atoms with E-state index in [-0.39, 0.29) is 11.9 Å². The molecular weight excluding hydrogens is 402 g/mol. The molecule has 2 heterocycles. The summed E-state index contributed by atoms with van der Waals surface area (Å²) in [5.74, 6) is 0.300. The number of nitriles is 1. The monoisotopic (exact) mass is 429 g/mol. The molecular formula is C22H27N3O2S2. The molecule has 0 saturated carbocycles. The van der Waals surface area contributed by atoms with E-state index in [9.17, 15) is 9.90 Å². The zero-order valence-corrected chi connectivity index (χ0v) is 18.1. The minimum atomic E-state index is -0.480. The number of aliphatic hydroxyl groups is 1. The van der Waals surface area contributed by atoms with Gasteiger partial charge < -0.3 is 10.4 Å². The summed E-state index contributed by atoms with van der Waals surface area (Å²) in [6, 6.07) is 13.8. The van der Waals surface area contributed by atoms with Crippen LogP contribution in [0.25, 0.3) is 0 Å². The van der Waals surface area contributed by atoms with Crippen LogP contribution < -0.4 is 5.32 Å². The fourth-order valence-corrected chi connectivity index (χ4v) is 5.14. The number of para-hydroxylation sites is 1. The summed E-state index contributed by atoms with van der Waals surface area (Å²) in [6.45, 7) is 1.19. The Balaban J connectivity index is 1.63. The minimum absolute atomic E-state index is 0.0486. The van der Waals surface area contributed by atoms with Crippen molar-refractivity contribution in [1.29, 1.82) is 5.26 Å². The third-order valence-electron chi connectivity index (χ3n) is 5.17. The molecule has 2 N–H and O–H groups in total. The third kappa shape index (κ3) is 6.58. The predicted molar refractivity (Wildman–Crippen MR) is 119 cm³/mol. The van der Waals surface area contributed by atoms with Crippen LogP contribution in [0.15, 0.2) is 46.7 Å². The van der Waals surface area contributed by atoms with Crippen molar-refractivity contribution in [3.63, 3.8) is 0 Å². The van der Waals surface area contributed by atoms with Crippen molar-refractivity contribution in [3.05, 3.63) is 46.7 Å². The zero-order valence-electron chi connectivity index (χ0n) is 16.4. The SMILES string of the molecule is N#CCSc1ccccc1NC(=O)CN1CCCCC[C@@H]1C[C@H](O)c1cccs1. The Labute approximate surface area is 180 Å². The molecule has 0 aliphatic carbocycles. The maximum absolute atomic E-state index is 12.8. The highest BCUT2D eigenvalue weighted by Gasteiger charge is 2.26. The van der Waals surface area contributed by atoms with Gasteiger partial charge in [-0.15, -0.1) is 23.1 Å². The van der Waals surface area contributed by atoms with E-state index in [4.69, 9.17) is 5.26 Å². The van der Waals surface area contributed by atoms with Gasteiger partial charge in [-0.05, 0) is 49.4 Å². The van der Waals surface area contributed by atoms with Crippen molar-refractivity contribution < 1.29 is 9.90 Å². The van der Waals surface area contributed by atoms with Gasteiger partial charge in [0, 0.05) is 15.8 Å². The normalized spacial score (nSPS) is 18.6. The summed E-state index contributed by atoms with van der Waals surface area (Å²) in [4.78, 5) is 16.9. The Hall–Kier alpha value is -1.85. The van der Waals surface area contributed by atoms with Gasteiger partial charge in [0.25, 0.3) is 0 Å². The van der Waals surface area contributed by atoms with E-state index in [1.165, 1.54) is 11.8 Å². The average molecular weight is 430 g/mol. The number of rotatable bonds is 8. The quantitative estimate of drug-likeness (QED) is 0.596. The molecule has 1 aromatic carbocycles.